The first kappa shape index (κ1) is 13.1. The molecule has 0 aliphatic heterocycles. The second-order valence-corrected chi connectivity index (χ2v) is 5.14. The maximum atomic E-state index is 11.8. The molecule has 1 aromatic carbocycles. The van der Waals surface area contributed by atoms with E-state index >= 15 is 0 Å². The molecule has 3 nitrogen and oxygen atoms in total. The van der Waals surface area contributed by atoms with E-state index in [1.807, 2.05) is 18.2 Å². The largest absolute Gasteiger partial charge is 0.469 e. The third kappa shape index (κ3) is 2.56. The van der Waals surface area contributed by atoms with E-state index in [4.69, 9.17) is 4.74 Å². The highest BCUT2D eigenvalue weighted by Gasteiger charge is 2.45. The number of esters is 1. The van der Waals surface area contributed by atoms with Crippen molar-refractivity contribution >= 4 is 5.97 Å². The zero-order valence-corrected chi connectivity index (χ0v) is 11.1. The van der Waals surface area contributed by atoms with Crippen molar-refractivity contribution < 1.29 is 9.53 Å². The van der Waals surface area contributed by atoms with Gasteiger partial charge in [-0.3, -0.25) is 4.79 Å². The third-order valence-electron chi connectivity index (χ3n) is 3.98. The molecule has 0 aromatic heterocycles. The smallest absolute Gasteiger partial charge is 0.313 e. The molecule has 0 saturated heterocycles. The summed E-state index contributed by atoms with van der Waals surface area (Å²) in [5, 5.41) is 3.46. The maximum Gasteiger partial charge on any atom is 0.313 e. The van der Waals surface area contributed by atoms with Crippen molar-refractivity contribution in [2.75, 3.05) is 13.7 Å². The summed E-state index contributed by atoms with van der Waals surface area (Å²) in [6, 6.07) is 10.5. The Morgan fingerprint density at radius 1 is 1.39 bits per heavy atom. The van der Waals surface area contributed by atoms with Crippen LogP contribution < -0.4 is 5.32 Å². The number of methoxy groups -OCH3 is 1. The minimum Gasteiger partial charge on any atom is -0.469 e. The zero-order chi connectivity index (χ0) is 13.0. The number of hydrogen-bond acceptors (Lipinski definition) is 3. The van der Waals surface area contributed by atoms with Crippen LogP contribution in [0.25, 0.3) is 0 Å². The van der Waals surface area contributed by atoms with Gasteiger partial charge in [0.2, 0.25) is 0 Å². The zero-order valence-electron chi connectivity index (χ0n) is 11.1. The molecular formula is C15H21NO2. The fraction of sp³-hybridized carbons (Fsp3) is 0.533. The lowest BCUT2D eigenvalue weighted by atomic mass is 9.68. The van der Waals surface area contributed by atoms with Gasteiger partial charge in [-0.1, -0.05) is 36.8 Å². The molecule has 0 radical (unpaired) electrons. The van der Waals surface area contributed by atoms with E-state index in [-0.39, 0.29) is 17.4 Å². The Morgan fingerprint density at radius 3 is 2.56 bits per heavy atom. The van der Waals surface area contributed by atoms with Crippen LogP contribution in [0.4, 0.5) is 0 Å². The first-order valence-electron chi connectivity index (χ1n) is 6.55. The normalized spacial score (nSPS) is 18.8. The Kier molecular flexibility index (Phi) is 4.02. The Bertz CT molecular complexity index is 398. The highest BCUT2D eigenvalue weighted by atomic mass is 16.5. The lowest BCUT2D eigenvalue weighted by Gasteiger charge is -2.39. The Hall–Kier alpha value is -1.35. The van der Waals surface area contributed by atoms with Gasteiger partial charge < -0.3 is 10.1 Å². The van der Waals surface area contributed by atoms with Crippen LogP contribution in [0.1, 0.15) is 37.8 Å². The Morgan fingerprint density at radius 2 is 2.06 bits per heavy atom. The number of ether oxygens (including phenoxy) is 1. The minimum absolute atomic E-state index is 0.0680. The highest BCUT2D eigenvalue weighted by molar-refractivity contribution is 5.78. The Labute approximate surface area is 109 Å². The molecule has 1 aliphatic rings. The summed E-state index contributed by atoms with van der Waals surface area (Å²) < 4.78 is 4.92. The lowest BCUT2D eigenvalue weighted by molar-refractivity contribution is -0.158. The molecule has 1 aromatic rings. The molecular weight excluding hydrogens is 226 g/mol. The molecule has 0 spiro atoms. The third-order valence-corrected chi connectivity index (χ3v) is 3.98. The molecule has 1 N–H and O–H groups in total. The van der Waals surface area contributed by atoms with Gasteiger partial charge >= 0.3 is 5.97 Å². The van der Waals surface area contributed by atoms with Crippen LogP contribution >= 0.6 is 0 Å². The molecule has 1 fully saturated rings. The summed E-state index contributed by atoms with van der Waals surface area (Å²) in [6.07, 6.45) is 3.00. The van der Waals surface area contributed by atoms with E-state index < -0.39 is 0 Å². The van der Waals surface area contributed by atoms with Crippen molar-refractivity contribution in [3.8, 4) is 0 Å². The fourth-order valence-electron chi connectivity index (χ4n) is 2.48. The van der Waals surface area contributed by atoms with Crippen LogP contribution in [0.2, 0.25) is 0 Å². The molecule has 2 rings (SSSR count). The number of carbonyl (C=O) groups is 1. The van der Waals surface area contributed by atoms with Gasteiger partial charge in [0.05, 0.1) is 12.5 Å². The Balaban J connectivity index is 1.93. The van der Waals surface area contributed by atoms with Crippen molar-refractivity contribution in [1.29, 1.82) is 0 Å². The van der Waals surface area contributed by atoms with E-state index in [1.54, 1.807) is 0 Å². The molecule has 98 valence electrons. The molecule has 1 aliphatic carbocycles. The van der Waals surface area contributed by atoms with E-state index in [0.29, 0.717) is 6.54 Å². The van der Waals surface area contributed by atoms with Crippen LogP contribution in [0.15, 0.2) is 30.3 Å². The summed E-state index contributed by atoms with van der Waals surface area (Å²) >= 11 is 0. The average Bonchev–Trinajstić information content (AvgIpc) is 2.37. The molecule has 18 heavy (non-hydrogen) atoms. The molecule has 3 heteroatoms. The van der Waals surface area contributed by atoms with Crippen LogP contribution in [0.5, 0.6) is 0 Å². The molecule has 1 atom stereocenters. The van der Waals surface area contributed by atoms with Gasteiger partial charge in [-0.25, -0.2) is 0 Å². The number of rotatable bonds is 5. The van der Waals surface area contributed by atoms with Crippen molar-refractivity contribution in [2.24, 2.45) is 5.41 Å². The predicted molar refractivity (Wildman–Crippen MR) is 71.2 cm³/mol. The van der Waals surface area contributed by atoms with E-state index in [0.717, 1.165) is 19.3 Å². The van der Waals surface area contributed by atoms with Gasteiger partial charge in [-0.15, -0.1) is 0 Å². The van der Waals surface area contributed by atoms with Gasteiger partial charge in [0.25, 0.3) is 0 Å². The standard InChI is InChI=1S/C15H21NO2/c1-12(13-7-4-3-5-8-13)16-11-15(9-6-10-15)14(17)18-2/h3-5,7-8,12,16H,6,9-11H2,1-2H3. The van der Waals surface area contributed by atoms with E-state index in [2.05, 4.69) is 24.4 Å². The summed E-state index contributed by atoms with van der Waals surface area (Å²) in [6.45, 7) is 2.83. The number of nitrogens with one attached hydrogen (secondary N) is 1. The number of benzene rings is 1. The van der Waals surface area contributed by atoms with Crippen LogP contribution in [0.3, 0.4) is 0 Å². The predicted octanol–water partition coefficient (Wildman–Crippen LogP) is 2.68. The van der Waals surface area contributed by atoms with Gasteiger partial charge in [-0.05, 0) is 25.3 Å². The molecule has 1 unspecified atom stereocenters. The van der Waals surface area contributed by atoms with Crippen molar-refractivity contribution in [2.45, 2.75) is 32.2 Å². The molecule has 0 amide bonds. The minimum atomic E-state index is -0.280. The van der Waals surface area contributed by atoms with Gasteiger partial charge in [0.1, 0.15) is 0 Å². The summed E-state index contributed by atoms with van der Waals surface area (Å²) in [4.78, 5) is 11.8. The van der Waals surface area contributed by atoms with E-state index in [9.17, 15) is 4.79 Å². The van der Waals surface area contributed by atoms with Crippen LogP contribution in [-0.4, -0.2) is 19.6 Å². The topological polar surface area (TPSA) is 38.3 Å². The molecule has 1 saturated carbocycles. The van der Waals surface area contributed by atoms with Crippen LogP contribution in [0, 0.1) is 5.41 Å². The first-order chi connectivity index (χ1) is 8.68. The average molecular weight is 247 g/mol. The summed E-state index contributed by atoms with van der Waals surface area (Å²) in [5.74, 6) is -0.0680. The lowest BCUT2D eigenvalue weighted by Crippen LogP contribution is -2.47. The second kappa shape index (κ2) is 5.53. The first-order valence-corrected chi connectivity index (χ1v) is 6.55. The van der Waals surface area contributed by atoms with Gasteiger partial charge in [0.15, 0.2) is 0 Å². The molecule has 0 heterocycles. The van der Waals surface area contributed by atoms with Gasteiger partial charge in [0, 0.05) is 12.6 Å². The number of carbonyl (C=O) groups excluding carboxylic acids is 1. The quantitative estimate of drug-likeness (QED) is 0.813. The maximum absolute atomic E-state index is 11.8. The fourth-order valence-corrected chi connectivity index (χ4v) is 2.48. The summed E-state index contributed by atoms with van der Waals surface area (Å²) in [5.41, 5.74) is 0.967. The van der Waals surface area contributed by atoms with Gasteiger partial charge in [-0.2, -0.15) is 0 Å². The van der Waals surface area contributed by atoms with Crippen molar-refractivity contribution in [1.82, 2.24) is 5.32 Å². The van der Waals surface area contributed by atoms with Crippen molar-refractivity contribution in [3.63, 3.8) is 0 Å². The number of hydrogen-bond donors (Lipinski definition) is 1. The van der Waals surface area contributed by atoms with Crippen molar-refractivity contribution in [3.05, 3.63) is 35.9 Å². The summed E-state index contributed by atoms with van der Waals surface area (Å²) in [7, 11) is 1.48. The van der Waals surface area contributed by atoms with E-state index in [1.165, 1.54) is 12.7 Å². The van der Waals surface area contributed by atoms with Crippen LogP contribution in [-0.2, 0) is 9.53 Å². The SMILES string of the molecule is COC(=O)C1(CNC(C)c2ccccc2)CCC1. The highest BCUT2D eigenvalue weighted by Crippen LogP contribution is 2.41. The molecule has 0 bridgehead atoms. The monoisotopic (exact) mass is 247 g/mol. The second-order valence-electron chi connectivity index (χ2n) is 5.14.